The highest BCUT2D eigenvalue weighted by molar-refractivity contribution is 6.44. The van der Waals surface area contributed by atoms with Crippen LogP contribution in [0, 0.1) is 0 Å². The summed E-state index contributed by atoms with van der Waals surface area (Å²) < 4.78 is 10.4. The molecule has 1 aliphatic heterocycles. The molecule has 0 unspecified atom stereocenters. The maximum absolute atomic E-state index is 12.3. The summed E-state index contributed by atoms with van der Waals surface area (Å²) in [6, 6.07) is 12.1. The highest BCUT2D eigenvalue weighted by atomic mass is 35.5. The van der Waals surface area contributed by atoms with E-state index < -0.39 is 11.8 Å². The van der Waals surface area contributed by atoms with Gasteiger partial charge in [-0.3, -0.25) is 9.59 Å². The molecule has 3 rings (SSSR count). The van der Waals surface area contributed by atoms with Crippen LogP contribution in [0.5, 0.6) is 5.75 Å². The molecular weight excluding hydrogens is 370 g/mol. The molecule has 1 saturated heterocycles. The van der Waals surface area contributed by atoms with Crippen molar-refractivity contribution in [1.82, 2.24) is 0 Å². The standard InChI is InChI=1S/C19H20ClN3O4/c1-26-17-7-6-13(12-14(17)20)21-18(24)19(25)22-15-4-2-3-5-16(15)23-8-10-27-11-9-23/h2-7,12H,8-11H2,1H3,(H,21,24)(H,22,25). The molecule has 0 saturated carbocycles. The SMILES string of the molecule is COc1ccc(NC(=O)C(=O)Nc2ccccc2N2CCOCC2)cc1Cl. The number of hydrogen-bond acceptors (Lipinski definition) is 5. The molecule has 7 nitrogen and oxygen atoms in total. The van der Waals surface area contributed by atoms with Crippen molar-refractivity contribution in [3.8, 4) is 5.75 Å². The number of para-hydroxylation sites is 2. The van der Waals surface area contributed by atoms with Crippen molar-refractivity contribution in [3.05, 3.63) is 47.5 Å². The van der Waals surface area contributed by atoms with Crippen LogP contribution in [0.25, 0.3) is 0 Å². The van der Waals surface area contributed by atoms with Crippen LogP contribution in [-0.2, 0) is 14.3 Å². The van der Waals surface area contributed by atoms with Gasteiger partial charge in [-0.25, -0.2) is 0 Å². The number of hydrogen-bond donors (Lipinski definition) is 2. The first-order valence-corrected chi connectivity index (χ1v) is 8.84. The summed E-state index contributed by atoms with van der Waals surface area (Å²) in [6.07, 6.45) is 0. The number of carbonyl (C=O) groups is 2. The van der Waals surface area contributed by atoms with Crippen molar-refractivity contribution in [2.75, 3.05) is 48.9 Å². The Morgan fingerprint density at radius 1 is 1.07 bits per heavy atom. The molecule has 2 N–H and O–H groups in total. The van der Waals surface area contributed by atoms with Gasteiger partial charge in [0, 0.05) is 18.8 Å². The third kappa shape index (κ3) is 4.69. The summed E-state index contributed by atoms with van der Waals surface area (Å²) in [5.74, 6) is -1.06. The zero-order chi connectivity index (χ0) is 19.2. The fraction of sp³-hybridized carbons (Fsp3) is 0.263. The number of halogens is 1. The first-order chi connectivity index (χ1) is 13.1. The van der Waals surface area contributed by atoms with Gasteiger partial charge in [0.05, 0.1) is 36.7 Å². The average Bonchev–Trinajstić information content (AvgIpc) is 2.69. The van der Waals surface area contributed by atoms with Crippen molar-refractivity contribution < 1.29 is 19.1 Å². The van der Waals surface area contributed by atoms with Crippen molar-refractivity contribution >= 4 is 40.5 Å². The second kappa shape index (κ2) is 8.75. The molecule has 2 aromatic rings. The monoisotopic (exact) mass is 389 g/mol. The lowest BCUT2D eigenvalue weighted by molar-refractivity contribution is -0.132. The Morgan fingerprint density at radius 2 is 1.78 bits per heavy atom. The number of benzene rings is 2. The highest BCUT2D eigenvalue weighted by Gasteiger charge is 2.19. The maximum atomic E-state index is 12.3. The lowest BCUT2D eigenvalue weighted by atomic mass is 10.2. The predicted molar refractivity (Wildman–Crippen MR) is 105 cm³/mol. The third-order valence-corrected chi connectivity index (χ3v) is 4.42. The first-order valence-electron chi connectivity index (χ1n) is 8.46. The van der Waals surface area contributed by atoms with Crippen molar-refractivity contribution in [1.29, 1.82) is 0 Å². The van der Waals surface area contributed by atoms with E-state index in [4.69, 9.17) is 21.1 Å². The molecule has 0 atom stereocenters. The van der Waals surface area contributed by atoms with E-state index in [1.165, 1.54) is 13.2 Å². The quantitative estimate of drug-likeness (QED) is 0.786. The van der Waals surface area contributed by atoms with Crippen molar-refractivity contribution in [2.45, 2.75) is 0 Å². The Labute approximate surface area is 162 Å². The van der Waals surface area contributed by atoms with Crippen molar-refractivity contribution in [2.24, 2.45) is 0 Å². The van der Waals surface area contributed by atoms with Gasteiger partial charge in [-0.2, -0.15) is 0 Å². The third-order valence-electron chi connectivity index (χ3n) is 4.12. The Morgan fingerprint density at radius 3 is 2.48 bits per heavy atom. The molecule has 0 bridgehead atoms. The normalized spacial score (nSPS) is 13.8. The number of nitrogens with zero attached hydrogens (tertiary/aromatic N) is 1. The maximum Gasteiger partial charge on any atom is 0.314 e. The molecular formula is C19H20ClN3O4. The summed E-state index contributed by atoms with van der Waals surface area (Å²) in [4.78, 5) is 26.7. The fourth-order valence-corrected chi connectivity index (χ4v) is 3.03. The lowest BCUT2D eigenvalue weighted by Gasteiger charge is -2.30. The van der Waals surface area contributed by atoms with E-state index >= 15 is 0 Å². The molecule has 1 aliphatic rings. The van der Waals surface area contributed by atoms with E-state index in [0.29, 0.717) is 35.4 Å². The molecule has 27 heavy (non-hydrogen) atoms. The lowest BCUT2D eigenvalue weighted by Crippen LogP contribution is -2.37. The van der Waals surface area contributed by atoms with Crippen LogP contribution in [-0.4, -0.2) is 45.2 Å². The molecule has 2 amide bonds. The van der Waals surface area contributed by atoms with E-state index in [1.807, 2.05) is 12.1 Å². The molecule has 142 valence electrons. The van der Waals surface area contributed by atoms with Crippen LogP contribution in [0.1, 0.15) is 0 Å². The van der Waals surface area contributed by atoms with E-state index in [1.54, 1.807) is 24.3 Å². The van der Waals surface area contributed by atoms with Crippen LogP contribution in [0.4, 0.5) is 17.1 Å². The summed E-state index contributed by atoms with van der Waals surface area (Å²) in [6.45, 7) is 2.70. The van der Waals surface area contributed by atoms with Gasteiger partial charge < -0.3 is 25.0 Å². The van der Waals surface area contributed by atoms with Gasteiger partial charge in [0.2, 0.25) is 0 Å². The minimum Gasteiger partial charge on any atom is -0.495 e. The number of amides is 2. The van der Waals surface area contributed by atoms with Crippen LogP contribution in [0.2, 0.25) is 5.02 Å². The number of anilines is 3. The molecule has 1 heterocycles. The van der Waals surface area contributed by atoms with Crippen molar-refractivity contribution in [3.63, 3.8) is 0 Å². The highest BCUT2D eigenvalue weighted by Crippen LogP contribution is 2.28. The molecule has 0 spiro atoms. The number of methoxy groups -OCH3 is 1. The zero-order valence-corrected chi connectivity index (χ0v) is 15.6. The average molecular weight is 390 g/mol. The van der Waals surface area contributed by atoms with Gasteiger partial charge in [0.25, 0.3) is 0 Å². The largest absolute Gasteiger partial charge is 0.495 e. The van der Waals surface area contributed by atoms with Gasteiger partial charge in [-0.1, -0.05) is 23.7 Å². The Balaban J connectivity index is 1.68. The molecule has 0 radical (unpaired) electrons. The van der Waals surface area contributed by atoms with Crippen LogP contribution in [0.15, 0.2) is 42.5 Å². The number of carbonyl (C=O) groups excluding carboxylic acids is 2. The van der Waals surface area contributed by atoms with E-state index in [9.17, 15) is 9.59 Å². The second-order valence-electron chi connectivity index (χ2n) is 5.87. The molecule has 1 fully saturated rings. The van der Waals surface area contributed by atoms with E-state index in [2.05, 4.69) is 15.5 Å². The summed E-state index contributed by atoms with van der Waals surface area (Å²) in [5, 5.41) is 5.54. The minimum atomic E-state index is -0.784. The molecule has 0 aromatic heterocycles. The fourth-order valence-electron chi connectivity index (χ4n) is 2.77. The second-order valence-corrected chi connectivity index (χ2v) is 6.28. The summed E-state index contributed by atoms with van der Waals surface area (Å²) in [7, 11) is 1.50. The summed E-state index contributed by atoms with van der Waals surface area (Å²) in [5.41, 5.74) is 1.84. The topological polar surface area (TPSA) is 79.9 Å². The van der Waals surface area contributed by atoms with Crippen LogP contribution < -0.4 is 20.3 Å². The Kier molecular flexibility index (Phi) is 6.16. The Hall–Kier alpha value is -2.77. The predicted octanol–water partition coefficient (Wildman–Crippen LogP) is 2.76. The van der Waals surface area contributed by atoms with Crippen LogP contribution >= 0.6 is 11.6 Å². The number of rotatable bonds is 4. The van der Waals surface area contributed by atoms with Gasteiger partial charge in [0.15, 0.2) is 0 Å². The Bertz CT molecular complexity index is 837. The molecule has 0 aliphatic carbocycles. The van der Waals surface area contributed by atoms with E-state index in [0.717, 1.165) is 18.8 Å². The van der Waals surface area contributed by atoms with E-state index in [-0.39, 0.29) is 0 Å². The van der Waals surface area contributed by atoms with Gasteiger partial charge in [-0.05, 0) is 30.3 Å². The molecule has 2 aromatic carbocycles. The summed E-state index contributed by atoms with van der Waals surface area (Å²) >= 11 is 6.04. The molecule has 8 heteroatoms. The van der Waals surface area contributed by atoms with Gasteiger partial charge in [0.1, 0.15) is 5.75 Å². The van der Waals surface area contributed by atoms with Gasteiger partial charge in [-0.15, -0.1) is 0 Å². The van der Waals surface area contributed by atoms with Gasteiger partial charge >= 0.3 is 11.8 Å². The minimum absolute atomic E-state index is 0.341. The zero-order valence-electron chi connectivity index (χ0n) is 14.8. The number of morpholine rings is 1. The number of nitrogens with one attached hydrogen (secondary N) is 2. The smallest absolute Gasteiger partial charge is 0.314 e. The number of ether oxygens (including phenoxy) is 2. The first kappa shape index (κ1) is 19.0. The van der Waals surface area contributed by atoms with Crippen LogP contribution in [0.3, 0.4) is 0 Å².